The molecule has 0 fully saturated rings. The number of nitrogens with zero attached hydrogens (tertiary/aromatic N) is 1. The SMILES string of the molecule is O=C(NNc1nc2ccc(F)cc2s1)C1COc2ccccc2O1. The van der Waals surface area contributed by atoms with Crippen LogP contribution in [-0.4, -0.2) is 23.6 Å². The maximum atomic E-state index is 13.2. The van der Waals surface area contributed by atoms with Crippen molar-refractivity contribution in [1.82, 2.24) is 10.4 Å². The number of benzene rings is 2. The second-order valence-corrected chi connectivity index (χ2v) is 6.14. The number of ether oxygens (including phenoxy) is 2. The molecule has 1 aliphatic heterocycles. The fourth-order valence-electron chi connectivity index (χ4n) is 2.30. The molecule has 1 unspecified atom stereocenters. The summed E-state index contributed by atoms with van der Waals surface area (Å²) in [6.07, 6.45) is -0.765. The summed E-state index contributed by atoms with van der Waals surface area (Å²) in [4.78, 5) is 16.4. The summed E-state index contributed by atoms with van der Waals surface area (Å²) in [7, 11) is 0. The van der Waals surface area contributed by atoms with Crippen molar-refractivity contribution < 1.29 is 18.7 Å². The number of carbonyl (C=O) groups excluding carboxylic acids is 1. The number of anilines is 1. The van der Waals surface area contributed by atoms with Crippen molar-refractivity contribution in [3.63, 3.8) is 0 Å². The molecule has 0 spiro atoms. The Hall–Kier alpha value is -2.87. The number of nitrogens with one attached hydrogen (secondary N) is 2. The molecule has 1 atom stereocenters. The van der Waals surface area contributed by atoms with Gasteiger partial charge < -0.3 is 9.47 Å². The third-order valence-corrected chi connectivity index (χ3v) is 4.38. The lowest BCUT2D eigenvalue weighted by atomic mass is 10.2. The number of halogens is 1. The van der Waals surface area contributed by atoms with Crippen LogP contribution in [0, 0.1) is 5.82 Å². The molecule has 6 nitrogen and oxygen atoms in total. The molecule has 24 heavy (non-hydrogen) atoms. The Labute approximate surface area is 140 Å². The van der Waals surface area contributed by atoms with Gasteiger partial charge in [-0.25, -0.2) is 9.37 Å². The second-order valence-electron chi connectivity index (χ2n) is 5.11. The molecule has 0 bridgehead atoms. The standard InChI is InChI=1S/C16H12FN3O3S/c17-9-5-6-10-14(7-9)24-16(18-10)20-19-15(21)13-8-22-11-3-1-2-4-12(11)23-13/h1-7,13H,8H2,(H,18,20)(H,19,21). The van der Waals surface area contributed by atoms with E-state index in [1.54, 1.807) is 24.3 Å². The Morgan fingerprint density at radius 2 is 2.08 bits per heavy atom. The number of thiazole rings is 1. The minimum absolute atomic E-state index is 0.121. The van der Waals surface area contributed by atoms with Gasteiger partial charge in [0.1, 0.15) is 12.4 Å². The van der Waals surface area contributed by atoms with Crippen molar-refractivity contribution in [3.8, 4) is 11.5 Å². The van der Waals surface area contributed by atoms with Gasteiger partial charge in [-0.2, -0.15) is 0 Å². The van der Waals surface area contributed by atoms with Gasteiger partial charge in [0.15, 0.2) is 11.5 Å². The van der Waals surface area contributed by atoms with E-state index >= 15 is 0 Å². The Kier molecular flexibility index (Phi) is 3.66. The van der Waals surface area contributed by atoms with Gasteiger partial charge in [0, 0.05) is 0 Å². The molecule has 2 N–H and O–H groups in total. The summed E-state index contributed by atoms with van der Waals surface area (Å²) in [5, 5.41) is 0.459. The van der Waals surface area contributed by atoms with Crippen LogP contribution in [0.4, 0.5) is 9.52 Å². The first-order valence-corrected chi connectivity index (χ1v) is 8.01. The van der Waals surface area contributed by atoms with Crippen molar-refractivity contribution in [2.75, 3.05) is 12.0 Å². The summed E-state index contributed by atoms with van der Waals surface area (Å²) < 4.78 is 25.0. The molecule has 0 aliphatic carbocycles. The average molecular weight is 345 g/mol. The van der Waals surface area contributed by atoms with Gasteiger partial charge in [-0.05, 0) is 30.3 Å². The molecule has 0 saturated carbocycles. The zero-order valence-electron chi connectivity index (χ0n) is 12.3. The summed E-state index contributed by atoms with van der Waals surface area (Å²) in [6.45, 7) is 0.121. The molecule has 122 valence electrons. The Bertz CT molecular complexity index is 914. The van der Waals surface area contributed by atoms with Crippen LogP contribution in [0.25, 0.3) is 10.2 Å². The lowest BCUT2D eigenvalue weighted by Crippen LogP contribution is -2.45. The van der Waals surface area contributed by atoms with Gasteiger partial charge in [-0.1, -0.05) is 23.5 Å². The first kappa shape index (κ1) is 14.7. The van der Waals surface area contributed by atoms with Crippen LogP contribution in [0.3, 0.4) is 0 Å². The number of hydrogen-bond acceptors (Lipinski definition) is 6. The number of amides is 1. The van der Waals surface area contributed by atoms with E-state index in [1.165, 1.54) is 23.5 Å². The topological polar surface area (TPSA) is 72.5 Å². The molecule has 2 heterocycles. The van der Waals surface area contributed by atoms with Crippen molar-refractivity contribution >= 4 is 32.6 Å². The number of hydrazine groups is 1. The second kappa shape index (κ2) is 5.97. The highest BCUT2D eigenvalue weighted by molar-refractivity contribution is 7.22. The van der Waals surface area contributed by atoms with Crippen molar-refractivity contribution in [1.29, 1.82) is 0 Å². The Morgan fingerprint density at radius 3 is 2.96 bits per heavy atom. The van der Waals surface area contributed by atoms with Gasteiger partial charge in [0.05, 0.1) is 10.2 Å². The van der Waals surface area contributed by atoms with Gasteiger partial charge in [-0.15, -0.1) is 0 Å². The lowest BCUT2D eigenvalue weighted by molar-refractivity contribution is -0.129. The Balaban J connectivity index is 1.41. The van der Waals surface area contributed by atoms with E-state index in [9.17, 15) is 9.18 Å². The molecule has 1 aromatic heterocycles. The van der Waals surface area contributed by atoms with E-state index in [-0.39, 0.29) is 18.3 Å². The predicted octanol–water partition coefficient (Wildman–Crippen LogP) is 2.72. The zero-order chi connectivity index (χ0) is 16.5. The highest BCUT2D eigenvalue weighted by Crippen LogP contribution is 2.31. The highest BCUT2D eigenvalue weighted by Gasteiger charge is 2.27. The lowest BCUT2D eigenvalue weighted by Gasteiger charge is -2.25. The third kappa shape index (κ3) is 2.83. The van der Waals surface area contributed by atoms with Crippen LogP contribution >= 0.6 is 11.3 Å². The van der Waals surface area contributed by atoms with Crippen molar-refractivity contribution in [3.05, 3.63) is 48.3 Å². The molecular formula is C16H12FN3O3S. The third-order valence-electron chi connectivity index (χ3n) is 3.44. The molecule has 3 aromatic rings. The minimum atomic E-state index is -0.765. The van der Waals surface area contributed by atoms with E-state index in [1.807, 2.05) is 6.07 Å². The van der Waals surface area contributed by atoms with E-state index in [0.717, 1.165) is 0 Å². The summed E-state index contributed by atoms with van der Waals surface area (Å²) >= 11 is 1.24. The number of fused-ring (bicyclic) bond motifs is 2. The van der Waals surface area contributed by atoms with Gasteiger partial charge in [0.25, 0.3) is 5.91 Å². The quantitative estimate of drug-likeness (QED) is 0.714. The van der Waals surface area contributed by atoms with Gasteiger partial charge in [0.2, 0.25) is 11.2 Å². The first-order chi connectivity index (χ1) is 11.7. The van der Waals surface area contributed by atoms with Crippen LogP contribution in [0.15, 0.2) is 42.5 Å². The number of aromatic nitrogens is 1. The molecule has 0 radical (unpaired) electrons. The fourth-order valence-corrected chi connectivity index (χ4v) is 3.14. The fraction of sp³-hybridized carbons (Fsp3) is 0.125. The monoisotopic (exact) mass is 345 g/mol. The van der Waals surface area contributed by atoms with Gasteiger partial charge >= 0.3 is 0 Å². The maximum absolute atomic E-state index is 13.2. The summed E-state index contributed by atoms with van der Waals surface area (Å²) in [6, 6.07) is 11.5. The molecular weight excluding hydrogens is 333 g/mol. The van der Waals surface area contributed by atoms with E-state index in [4.69, 9.17) is 9.47 Å². The smallest absolute Gasteiger partial charge is 0.283 e. The Morgan fingerprint density at radius 1 is 1.25 bits per heavy atom. The zero-order valence-corrected chi connectivity index (χ0v) is 13.1. The molecule has 0 saturated heterocycles. The average Bonchev–Trinajstić information content (AvgIpc) is 3.01. The molecule has 8 heteroatoms. The van der Waals surface area contributed by atoms with Crippen molar-refractivity contribution in [2.45, 2.75) is 6.10 Å². The minimum Gasteiger partial charge on any atom is -0.485 e. The van der Waals surface area contributed by atoms with Crippen molar-refractivity contribution in [2.24, 2.45) is 0 Å². The van der Waals surface area contributed by atoms with Crippen LogP contribution in [-0.2, 0) is 4.79 Å². The maximum Gasteiger partial charge on any atom is 0.283 e. The highest BCUT2D eigenvalue weighted by atomic mass is 32.1. The van der Waals surface area contributed by atoms with E-state index < -0.39 is 6.10 Å². The molecule has 1 amide bonds. The normalized spacial score (nSPS) is 16.0. The number of para-hydroxylation sites is 2. The first-order valence-electron chi connectivity index (χ1n) is 7.19. The number of rotatable bonds is 3. The van der Waals surface area contributed by atoms with E-state index in [2.05, 4.69) is 15.8 Å². The van der Waals surface area contributed by atoms with Crippen LogP contribution in [0.2, 0.25) is 0 Å². The molecule has 4 rings (SSSR count). The summed E-state index contributed by atoms with van der Waals surface area (Å²) in [5.41, 5.74) is 5.92. The number of hydrogen-bond donors (Lipinski definition) is 2. The molecule has 2 aromatic carbocycles. The molecule has 1 aliphatic rings. The predicted molar refractivity (Wildman–Crippen MR) is 87.7 cm³/mol. The van der Waals surface area contributed by atoms with Gasteiger partial charge in [-0.3, -0.25) is 15.6 Å². The summed E-state index contributed by atoms with van der Waals surface area (Å²) in [5.74, 6) is 0.435. The van der Waals surface area contributed by atoms with Crippen LogP contribution in [0.5, 0.6) is 11.5 Å². The van der Waals surface area contributed by atoms with Crippen LogP contribution < -0.4 is 20.3 Å². The van der Waals surface area contributed by atoms with E-state index in [0.29, 0.717) is 26.8 Å². The largest absolute Gasteiger partial charge is 0.485 e. The van der Waals surface area contributed by atoms with Crippen LogP contribution in [0.1, 0.15) is 0 Å². The number of carbonyl (C=O) groups is 1.